The number of hydrogen-bond acceptors (Lipinski definition) is 2. The Morgan fingerprint density at radius 1 is 1.05 bits per heavy atom. The average Bonchev–Trinajstić information content (AvgIpc) is 3.35. The van der Waals surface area contributed by atoms with E-state index in [1.807, 2.05) is 0 Å². The quantitative estimate of drug-likeness (QED) is 0.372. The van der Waals surface area contributed by atoms with Crippen molar-refractivity contribution in [1.29, 1.82) is 0 Å². The Bertz CT molecular complexity index is 1210. The summed E-state index contributed by atoms with van der Waals surface area (Å²) in [4.78, 5) is 5.03. The van der Waals surface area contributed by atoms with Gasteiger partial charge in [0.25, 0.3) is 0 Å². The molecular weight excluding hydrogens is 450 g/mol. The number of aliphatic imine (C=N–C) groups is 1. The van der Waals surface area contributed by atoms with E-state index in [0.717, 1.165) is 49.3 Å². The third-order valence-electron chi connectivity index (χ3n) is 9.01. The Morgan fingerprint density at radius 2 is 1.84 bits per heavy atom. The van der Waals surface area contributed by atoms with E-state index in [1.165, 1.54) is 65.6 Å². The minimum Gasteiger partial charge on any atom is -0.388 e. The van der Waals surface area contributed by atoms with E-state index in [9.17, 15) is 5.11 Å². The maximum atomic E-state index is 10.8. The van der Waals surface area contributed by atoms with E-state index in [2.05, 4.69) is 75.1 Å². The van der Waals surface area contributed by atoms with E-state index >= 15 is 0 Å². The van der Waals surface area contributed by atoms with Crippen LogP contribution in [0.15, 0.2) is 77.3 Å². The van der Waals surface area contributed by atoms with Gasteiger partial charge in [-0.2, -0.15) is 0 Å². The zero-order valence-corrected chi connectivity index (χ0v) is 22.8. The van der Waals surface area contributed by atoms with Crippen molar-refractivity contribution in [2.75, 3.05) is 0 Å². The number of benzene rings is 2. The van der Waals surface area contributed by atoms with Crippen LogP contribution in [0.25, 0.3) is 0 Å². The Kier molecular flexibility index (Phi) is 8.25. The number of allylic oxidation sites excluding steroid dienone is 4. The fourth-order valence-corrected chi connectivity index (χ4v) is 6.71. The van der Waals surface area contributed by atoms with Gasteiger partial charge in [-0.05, 0) is 96.2 Å². The molecule has 1 fully saturated rings. The van der Waals surface area contributed by atoms with Crippen molar-refractivity contribution in [2.45, 2.75) is 96.6 Å². The molecule has 2 aromatic carbocycles. The van der Waals surface area contributed by atoms with Gasteiger partial charge in [0.2, 0.25) is 0 Å². The molecule has 3 aliphatic rings. The lowest BCUT2D eigenvalue weighted by molar-refractivity contribution is 0.179. The molecule has 0 radical (unpaired) electrons. The number of fused-ring (bicyclic) bond motifs is 1. The number of aliphatic hydroxyl groups excluding tert-OH is 1. The molecular formula is C35H43NO. The average molecular weight is 494 g/mol. The molecule has 1 saturated carbocycles. The maximum absolute atomic E-state index is 10.8. The molecule has 2 unspecified atom stereocenters. The fraction of sp³-hybridized carbons (Fsp3) is 0.457. The molecule has 1 N–H and O–H groups in total. The van der Waals surface area contributed by atoms with Crippen LogP contribution >= 0.6 is 0 Å². The van der Waals surface area contributed by atoms with Gasteiger partial charge < -0.3 is 5.11 Å². The van der Waals surface area contributed by atoms with E-state index < -0.39 is 6.10 Å². The number of hydrogen-bond donors (Lipinski definition) is 1. The van der Waals surface area contributed by atoms with Gasteiger partial charge in [0.15, 0.2) is 0 Å². The van der Waals surface area contributed by atoms with Crippen LogP contribution in [0.2, 0.25) is 0 Å². The van der Waals surface area contributed by atoms with Crippen molar-refractivity contribution < 1.29 is 5.11 Å². The molecule has 1 heterocycles. The normalized spacial score (nSPS) is 19.2. The lowest BCUT2D eigenvalue weighted by Gasteiger charge is -2.30. The highest BCUT2D eigenvalue weighted by molar-refractivity contribution is 6.05. The zero-order valence-electron chi connectivity index (χ0n) is 22.8. The molecule has 2 heteroatoms. The smallest absolute Gasteiger partial charge is 0.0830 e. The van der Waals surface area contributed by atoms with Crippen molar-refractivity contribution in [1.82, 2.24) is 0 Å². The first-order valence-corrected chi connectivity index (χ1v) is 14.5. The molecule has 0 aromatic heterocycles. The number of aryl methyl sites for hydroxylation is 2. The van der Waals surface area contributed by atoms with Gasteiger partial charge >= 0.3 is 0 Å². The second-order valence-corrected chi connectivity index (χ2v) is 11.5. The summed E-state index contributed by atoms with van der Waals surface area (Å²) < 4.78 is 0. The molecule has 2 nitrogen and oxygen atoms in total. The highest BCUT2D eigenvalue weighted by atomic mass is 16.3. The van der Waals surface area contributed by atoms with Crippen LogP contribution in [0.3, 0.4) is 0 Å². The van der Waals surface area contributed by atoms with Gasteiger partial charge in [-0.1, -0.05) is 87.4 Å². The van der Waals surface area contributed by atoms with Crippen molar-refractivity contribution >= 4 is 5.71 Å². The summed E-state index contributed by atoms with van der Waals surface area (Å²) in [6.45, 7) is 9.83. The minimum absolute atomic E-state index is 0.508. The van der Waals surface area contributed by atoms with Gasteiger partial charge in [-0.3, -0.25) is 4.99 Å². The summed E-state index contributed by atoms with van der Waals surface area (Å²) in [5, 5.41) is 10.8. The van der Waals surface area contributed by atoms with E-state index in [1.54, 1.807) is 5.56 Å². The van der Waals surface area contributed by atoms with Crippen LogP contribution in [0.1, 0.15) is 110 Å². The Balaban J connectivity index is 1.24. The van der Waals surface area contributed by atoms with E-state index in [4.69, 9.17) is 4.99 Å². The third-order valence-corrected chi connectivity index (χ3v) is 9.01. The molecule has 1 aliphatic heterocycles. The lowest BCUT2D eigenvalue weighted by Crippen LogP contribution is -2.18. The van der Waals surface area contributed by atoms with Crippen molar-refractivity contribution in [3.8, 4) is 0 Å². The molecule has 37 heavy (non-hydrogen) atoms. The monoisotopic (exact) mass is 493 g/mol. The third kappa shape index (κ3) is 5.91. The van der Waals surface area contributed by atoms with Crippen LogP contribution in [0, 0.1) is 12.8 Å². The number of nitrogens with zero attached hydrogens (tertiary/aromatic N) is 1. The van der Waals surface area contributed by atoms with Crippen molar-refractivity contribution in [2.24, 2.45) is 10.9 Å². The van der Waals surface area contributed by atoms with Crippen molar-refractivity contribution in [3.63, 3.8) is 0 Å². The summed E-state index contributed by atoms with van der Waals surface area (Å²) in [6.07, 6.45) is 17.5. The van der Waals surface area contributed by atoms with Gasteiger partial charge in [-0.25, -0.2) is 0 Å². The number of rotatable bonds is 9. The first kappa shape index (κ1) is 25.9. The fourth-order valence-electron chi connectivity index (χ4n) is 6.71. The lowest BCUT2D eigenvalue weighted by atomic mass is 9.74. The maximum Gasteiger partial charge on any atom is 0.0830 e. The minimum atomic E-state index is -0.508. The highest BCUT2D eigenvalue weighted by Crippen LogP contribution is 2.41. The predicted octanol–water partition coefficient (Wildman–Crippen LogP) is 8.87. The standard InChI is InChI=1S/C35H43NO/c1-24-14-18-31-23-36-32(35(31)34(24)26(3)29-12-8-5-9-13-29)21-17-27-15-19-30(20-16-27)33(37)22-25(2)28-10-6-4-7-11-28/h4,6,10,14-16,18-20,26,29,33,37H,2,5,7-9,11-13,17,21-23H2,1,3H3. The van der Waals surface area contributed by atoms with Gasteiger partial charge in [0.05, 0.1) is 12.6 Å². The molecule has 0 amide bonds. The Morgan fingerprint density at radius 3 is 2.57 bits per heavy atom. The van der Waals surface area contributed by atoms with Crippen LogP contribution in [-0.4, -0.2) is 10.8 Å². The molecule has 0 bridgehead atoms. The topological polar surface area (TPSA) is 32.6 Å². The Labute approximate surface area is 223 Å². The second-order valence-electron chi connectivity index (χ2n) is 11.5. The van der Waals surface area contributed by atoms with Crippen LogP contribution in [-0.2, 0) is 13.0 Å². The van der Waals surface area contributed by atoms with Crippen LogP contribution in [0.5, 0.6) is 0 Å². The van der Waals surface area contributed by atoms with E-state index in [-0.39, 0.29) is 0 Å². The van der Waals surface area contributed by atoms with Crippen molar-refractivity contribution in [3.05, 3.63) is 106 Å². The summed E-state index contributed by atoms with van der Waals surface area (Å²) in [7, 11) is 0. The molecule has 194 valence electrons. The first-order chi connectivity index (χ1) is 18.0. The summed E-state index contributed by atoms with van der Waals surface area (Å²) in [5.74, 6) is 1.41. The molecule has 2 aromatic rings. The predicted molar refractivity (Wildman–Crippen MR) is 156 cm³/mol. The summed E-state index contributed by atoms with van der Waals surface area (Å²) >= 11 is 0. The molecule has 2 aliphatic carbocycles. The van der Waals surface area contributed by atoms with Crippen LogP contribution in [0.4, 0.5) is 0 Å². The SMILES string of the molecule is C=C(CC(O)c1ccc(CCC2=NCc3ccc(C)c(C(C)C4CCCCC4)c32)cc1)C1=CC=CCC1. The van der Waals surface area contributed by atoms with Gasteiger partial charge in [-0.15, -0.1) is 0 Å². The Hall–Kier alpha value is -2.71. The molecule has 2 atom stereocenters. The number of aliphatic hydroxyl groups is 1. The highest BCUT2D eigenvalue weighted by Gasteiger charge is 2.29. The van der Waals surface area contributed by atoms with Crippen LogP contribution < -0.4 is 0 Å². The molecule has 5 rings (SSSR count). The zero-order chi connectivity index (χ0) is 25.8. The molecule has 0 saturated heterocycles. The summed E-state index contributed by atoms with van der Waals surface area (Å²) in [5.41, 5.74) is 11.8. The van der Waals surface area contributed by atoms with E-state index in [0.29, 0.717) is 12.3 Å². The molecule has 0 spiro atoms. The largest absolute Gasteiger partial charge is 0.388 e. The van der Waals surface area contributed by atoms with Gasteiger partial charge in [0, 0.05) is 17.7 Å². The summed E-state index contributed by atoms with van der Waals surface area (Å²) in [6, 6.07) is 13.2. The second kappa shape index (κ2) is 11.8. The van der Waals surface area contributed by atoms with Gasteiger partial charge in [0.1, 0.15) is 0 Å². The first-order valence-electron chi connectivity index (χ1n) is 14.5.